The van der Waals surface area contributed by atoms with E-state index in [1.165, 1.54) is 12.1 Å². The fraction of sp³-hybridized carbons (Fsp3) is 0.619. The molecule has 9 heteroatoms. The number of nitrogens with zero attached hydrogens (tertiary/aromatic N) is 1. The molecule has 0 aromatic heterocycles. The maximum absolute atomic E-state index is 13.4. The van der Waals surface area contributed by atoms with Crippen LogP contribution in [0.1, 0.15) is 42.6 Å². The van der Waals surface area contributed by atoms with Crippen LogP contribution in [-0.4, -0.2) is 55.6 Å². The Labute approximate surface area is 174 Å². The molecule has 2 N–H and O–H groups in total. The number of alkyl halides is 3. The topological polar surface area (TPSA) is 61.4 Å². The molecule has 0 saturated carbocycles. The van der Waals surface area contributed by atoms with Crippen LogP contribution in [0.2, 0.25) is 0 Å². The number of carbonyl (C=O) groups is 2. The van der Waals surface area contributed by atoms with E-state index < -0.39 is 23.3 Å². The number of hydrogen-bond acceptors (Lipinski definition) is 3. The minimum absolute atomic E-state index is 0.151. The number of amides is 2. The van der Waals surface area contributed by atoms with Gasteiger partial charge in [0.05, 0.1) is 0 Å². The first-order valence-corrected chi connectivity index (χ1v) is 10.0. The van der Waals surface area contributed by atoms with Crippen molar-refractivity contribution in [2.24, 2.45) is 11.3 Å². The van der Waals surface area contributed by atoms with Crippen LogP contribution in [0.15, 0.2) is 18.2 Å². The summed E-state index contributed by atoms with van der Waals surface area (Å²) in [6, 6.07) is 4.20. The van der Waals surface area contributed by atoms with Crippen molar-refractivity contribution in [2.75, 3.05) is 32.7 Å². The number of benzene rings is 1. The monoisotopic (exact) mass is 431 g/mol. The molecule has 1 aromatic rings. The highest BCUT2D eigenvalue weighted by Crippen LogP contribution is 2.37. The molecular weight excluding hydrogens is 402 g/mol. The second kappa shape index (κ2) is 9.76. The smallest absolute Gasteiger partial charge is 0.354 e. The number of halogens is 4. The van der Waals surface area contributed by atoms with Gasteiger partial charge in [0, 0.05) is 25.2 Å². The molecule has 1 aliphatic heterocycles. The first kappa shape index (κ1) is 24.1. The predicted octanol–water partition coefficient (Wildman–Crippen LogP) is 3.28. The molecular formula is C21H29F4N3O2. The molecule has 0 atom stereocenters. The summed E-state index contributed by atoms with van der Waals surface area (Å²) in [5, 5.41) is 5.21. The van der Waals surface area contributed by atoms with Gasteiger partial charge in [0.25, 0.3) is 5.91 Å². The summed E-state index contributed by atoms with van der Waals surface area (Å²) < 4.78 is 52.0. The summed E-state index contributed by atoms with van der Waals surface area (Å²) in [7, 11) is 0. The number of aryl methyl sites for hydroxylation is 1. The Hall–Kier alpha value is -2.16. The zero-order chi connectivity index (χ0) is 22.5. The van der Waals surface area contributed by atoms with Crippen LogP contribution in [0, 0.1) is 24.1 Å². The first-order valence-electron chi connectivity index (χ1n) is 10.0. The van der Waals surface area contributed by atoms with Crippen molar-refractivity contribution < 1.29 is 27.2 Å². The van der Waals surface area contributed by atoms with Gasteiger partial charge in [0.1, 0.15) is 11.2 Å². The van der Waals surface area contributed by atoms with Crippen molar-refractivity contribution in [2.45, 2.75) is 39.8 Å². The van der Waals surface area contributed by atoms with Gasteiger partial charge in [-0.2, -0.15) is 13.2 Å². The highest BCUT2D eigenvalue weighted by molar-refractivity contribution is 5.94. The largest absolute Gasteiger partial charge is 0.402 e. The van der Waals surface area contributed by atoms with Gasteiger partial charge in [-0.15, -0.1) is 0 Å². The lowest BCUT2D eigenvalue weighted by Gasteiger charge is -2.32. The van der Waals surface area contributed by atoms with Crippen molar-refractivity contribution in [3.8, 4) is 0 Å². The molecule has 1 aromatic carbocycles. The Bertz CT molecular complexity index is 737. The first-order chi connectivity index (χ1) is 13.9. The van der Waals surface area contributed by atoms with Crippen molar-refractivity contribution in [1.82, 2.24) is 15.5 Å². The molecule has 1 fully saturated rings. The zero-order valence-corrected chi connectivity index (χ0v) is 17.5. The lowest BCUT2D eigenvalue weighted by Crippen LogP contribution is -2.49. The lowest BCUT2D eigenvalue weighted by atomic mass is 9.91. The fourth-order valence-electron chi connectivity index (χ4n) is 3.30. The Morgan fingerprint density at radius 1 is 1.10 bits per heavy atom. The average Bonchev–Trinajstić information content (AvgIpc) is 2.65. The van der Waals surface area contributed by atoms with Gasteiger partial charge in [-0.3, -0.25) is 9.59 Å². The maximum Gasteiger partial charge on any atom is 0.402 e. The summed E-state index contributed by atoms with van der Waals surface area (Å²) in [5.41, 5.74) is -1.44. The van der Waals surface area contributed by atoms with E-state index in [0.717, 1.165) is 39.8 Å². The molecule has 0 aliphatic carbocycles. The summed E-state index contributed by atoms with van der Waals surface area (Å²) in [6.45, 7) is 6.04. The minimum atomic E-state index is -4.59. The second-order valence-corrected chi connectivity index (χ2v) is 8.39. The van der Waals surface area contributed by atoms with Gasteiger partial charge in [0.2, 0.25) is 5.91 Å². The number of hydrogen-bond donors (Lipinski definition) is 2. The van der Waals surface area contributed by atoms with Crippen LogP contribution in [-0.2, 0) is 4.79 Å². The SMILES string of the molecule is Cc1cc(F)cc(C(=O)NCC2CCN(CCNC(=O)C(C)(C)C(F)(F)F)CC2)c1. The predicted molar refractivity (Wildman–Crippen MR) is 105 cm³/mol. The molecule has 168 valence electrons. The molecule has 1 saturated heterocycles. The second-order valence-electron chi connectivity index (χ2n) is 8.39. The molecule has 0 spiro atoms. The van der Waals surface area contributed by atoms with Gasteiger partial charge in [-0.1, -0.05) is 0 Å². The number of nitrogens with one attached hydrogen (secondary N) is 2. The van der Waals surface area contributed by atoms with Crippen molar-refractivity contribution in [1.29, 1.82) is 0 Å². The van der Waals surface area contributed by atoms with Gasteiger partial charge in [0.15, 0.2) is 0 Å². The van der Waals surface area contributed by atoms with Gasteiger partial charge < -0.3 is 15.5 Å². The molecule has 0 bridgehead atoms. The van der Waals surface area contributed by atoms with Gasteiger partial charge in [-0.25, -0.2) is 4.39 Å². The van der Waals surface area contributed by atoms with Crippen molar-refractivity contribution >= 4 is 11.8 Å². The summed E-state index contributed by atoms with van der Waals surface area (Å²) in [6.07, 6.45) is -2.95. The Balaban J connectivity index is 1.69. The van der Waals surface area contributed by atoms with Crippen molar-refractivity contribution in [3.05, 3.63) is 35.1 Å². The van der Waals surface area contributed by atoms with E-state index in [1.807, 2.05) is 0 Å². The lowest BCUT2D eigenvalue weighted by molar-refractivity contribution is -0.211. The normalized spacial score (nSPS) is 16.4. The quantitative estimate of drug-likeness (QED) is 0.652. The van der Waals surface area contributed by atoms with Crippen LogP contribution in [0.3, 0.4) is 0 Å². The molecule has 0 unspecified atom stereocenters. The molecule has 5 nitrogen and oxygen atoms in total. The molecule has 1 aliphatic rings. The Morgan fingerprint density at radius 3 is 2.30 bits per heavy atom. The number of rotatable bonds is 7. The number of piperidine rings is 1. The van der Waals surface area contributed by atoms with Crippen LogP contribution < -0.4 is 10.6 Å². The summed E-state index contributed by atoms with van der Waals surface area (Å²) >= 11 is 0. The van der Waals surface area contributed by atoms with Gasteiger partial charge >= 0.3 is 6.18 Å². The van der Waals surface area contributed by atoms with E-state index in [2.05, 4.69) is 15.5 Å². The molecule has 2 rings (SSSR count). The van der Waals surface area contributed by atoms with E-state index in [9.17, 15) is 27.2 Å². The van der Waals surface area contributed by atoms with Gasteiger partial charge in [-0.05, 0) is 76.4 Å². The standard InChI is InChI=1S/C21H29F4N3O2/c1-14-10-16(12-17(22)11-14)18(29)27-13-15-4-7-28(8-5-15)9-6-26-19(30)20(2,3)21(23,24)25/h10-12,15H,4-9,13H2,1-3H3,(H,26,30)(H,27,29). The number of likely N-dealkylation sites (tertiary alicyclic amines) is 1. The molecule has 0 radical (unpaired) electrons. The van der Waals surface area contributed by atoms with Crippen LogP contribution in [0.5, 0.6) is 0 Å². The summed E-state index contributed by atoms with van der Waals surface area (Å²) in [4.78, 5) is 26.1. The van der Waals surface area contributed by atoms with E-state index in [4.69, 9.17) is 0 Å². The third kappa shape index (κ3) is 6.42. The van der Waals surface area contributed by atoms with Crippen molar-refractivity contribution in [3.63, 3.8) is 0 Å². The third-order valence-electron chi connectivity index (χ3n) is 5.55. The molecule has 30 heavy (non-hydrogen) atoms. The van der Waals surface area contributed by atoms with Crippen LogP contribution >= 0.6 is 0 Å². The highest BCUT2D eigenvalue weighted by Gasteiger charge is 2.52. The van der Waals surface area contributed by atoms with Crippen LogP contribution in [0.25, 0.3) is 0 Å². The minimum Gasteiger partial charge on any atom is -0.354 e. The summed E-state index contributed by atoms with van der Waals surface area (Å²) in [5.74, 6) is -1.51. The van der Waals surface area contributed by atoms with E-state index in [1.54, 1.807) is 13.0 Å². The Morgan fingerprint density at radius 2 is 1.73 bits per heavy atom. The zero-order valence-electron chi connectivity index (χ0n) is 17.5. The maximum atomic E-state index is 13.4. The Kier molecular flexibility index (Phi) is 7.85. The fourth-order valence-corrected chi connectivity index (χ4v) is 3.30. The number of carbonyl (C=O) groups excluding carboxylic acids is 2. The third-order valence-corrected chi connectivity index (χ3v) is 5.55. The van der Waals surface area contributed by atoms with E-state index in [0.29, 0.717) is 24.2 Å². The molecule has 2 amide bonds. The van der Waals surface area contributed by atoms with E-state index >= 15 is 0 Å². The van der Waals surface area contributed by atoms with Crippen LogP contribution in [0.4, 0.5) is 17.6 Å². The highest BCUT2D eigenvalue weighted by atomic mass is 19.4. The van der Waals surface area contributed by atoms with E-state index in [-0.39, 0.29) is 18.4 Å². The average molecular weight is 431 g/mol. The molecule has 1 heterocycles.